The molecule has 0 aromatic heterocycles. The lowest BCUT2D eigenvalue weighted by molar-refractivity contribution is 0.270. The molecule has 4 rings (SSSR count). The van der Waals surface area contributed by atoms with Crippen LogP contribution in [0.3, 0.4) is 0 Å². The highest BCUT2D eigenvalue weighted by Gasteiger charge is 2.14. The third kappa shape index (κ3) is 5.12. The molecule has 0 unspecified atom stereocenters. The number of benzene rings is 4. The quantitative estimate of drug-likeness (QED) is 0.315. The van der Waals surface area contributed by atoms with E-state index in [0.29, 0.717) is 36.3 Å². The van der Waals surface area contributed by atoms with Gasteiger partial charge in [-0.3, -0.25) is 0 Å². The Kier molecular flexibility index (Phi) is 6.63. The van der Waals surface area contributed by atoms with Crippen LogP contribution in [0.25, 0.3) is 10.8 Å². The van der Waals surface area contributed by atoms with Crippen molar-refractivity contribution < 1.29 is 9.47 Å². The molecule has 0 atom stereocenters. The van der Waals surface area contributed by atoms with Crippen molar-refractivity contribution in [1.29, 1.82) is 0 Å². The first-order valence-electron chi connectivity index (χ1n) is 10.5. The van der Waals surface area contributed by atoms with E-state index in [1.165, 1.54) is 16.3 Å². The van der Waals surface area contributed by atoms with Crippen molar-refractivity contribution in [1.82, 2.24) is 0 Å². The smallest absolute Gasteiger partial charge is 0.180 e. The molecule has 0 saturated heterocycles. The van der Waals surface area contributed by atoms with Gasteiger partial charge in [-0.05, 0) is 65.6 Å². The van der Waals surface area contributed by atoms with Gasteiger partial charge in [0.2, 0.25) is 0 Å². The first-order chi connectivity index (χ1) is 15.1. The molecule has 31 heavy (non-hydrogen) atoms. The van der Waals surface area contributed by atoms with Gasteiger partial charge in [-0.2, -0.15) is 0 Å². The maximum absolute atomic E-state index is 6.63. The van der Waals surface area contributed by atoms with Gasteiger partial charge in [0.05, 0.1) is 11.6 Å². The van der Waals surface area contributed by atoms with Crippen LogP contribution in [0.15, 0.2) is 78.9 Å². The first-order valence-corrected chi connectivity index (χ1v) is 10.9. The number of anilines is 1. The molecule has 1 N–H and O–H groups in total. The molecule has 0 radical (unpaired) electrons. The topological polar surface area (TPSA) is 30.5 Å². The van der Waals surface area contributed by atoms with Crippen LogP contribution in [0.5, 0.6) is 11.5 Å². The Balaban J connectivity index is 1.54. The lowest BCUT2D eigenvalue weighted by Crippen LogP contribution is -2.04. The fourth-order valence-corrected chi connectivity index (χ4v) is 3.94. The number of hydrogen-bond acceptors (Lipinski definition) is 3. The second kappa shape index (κ2) is 9.76. The molecule has 3 nitrogen and oxygen atoms in total. The van der Waals surface area contributed by atoms with Gasteiger partial charge in [-0.1, -0.05) is 66.2 Å². The fourth-order valence-electron chi connectivity index (χ4n) is 3.65. The minimum Gasteiger partial charge on any atom is -0.490 e. The van der Waals surface area contributed by atoms with Crippen LogP contribution in [0, 0.1) is 6.92 Å². The molecule has 0 amide bonds. The summed E-state index contributed by atoms with van der Waals surface area (Å²) in [6, 6.07) is 26.8. The van der Waals surface area contributed by atoms with Gasteiger partial charge < -0.3 is 14.8 Å². The molecule has 158 valence electrons. The summed E-state index contributed by atoms with van der Waals surface area (Å²) in [6.45, 7) is 5.64. The van der Waals surface area contributed by atoms with Crippen molar-refractivity contribution in [3.05, 3.63) is 101 Å². The summed E-state index contributed by atoms with van der Waals surface area (Å²) in [6.07, 6.45) is 0. The molecule has 0 spiro atoms. The van der Waals surface area contributed by atoms with E-state index < -0.39 is 0 Å². The Morgan fingerprint density at radius 1 is 0.871 bits per heavy atom. The van der Waals surface area contributed by atoms with Crippen LogP contribution in [0.4, 0.5) is 5.69 Å². The summed E-state index contributed by atoms with van der Waals surface area (Å²) >= 11 is 6.63. The molecule has 4 heteroatoms. The van der Waals surface area contributed by atoms with Crippen LogP contribution >= 0.6 is 11.6 Å². The average Bonchev–Trinajstić information content (AvgIpc) is 2.77. The van der Waals surface area contributed by atoms with E-state index in [1.54, 1.807) is 0 Å². The van der Waals surface area contributed by atoms with Crippen LogP contribution in [0.2, 0.25) is 5.02 Å². The molecular formula is C27H26ClNO2. The highest BCUT2D eigenvalue weighted by Crippen LogP contribution is 2.38. The number of ether oxygens (including phenoxy) is 2. The molecule has 4 aromatic rings. The Morgan fingerprint density at radius 2 is 1.68 bits per heavy atom. The standard InChI is InChI=1S/C27H26ClNO2/c1-3-30-26-16-20(17-29-23-12-6-8-19(2)14-23)15-25(28)27(26)31-18-22-11-7-10-21-9-4-5-13-24(21)22/h4-16,29H,3,17-18H2,1-2H3. The van der Waals surface area contributed by atoms with Crippen molar-refractivity contribution in [3.63, 3.8) is 0 Å². The molecular weight excluding hydrogens is 406 g/mol. The molecule has 0 aliphatic carbocycles. The van der Waals surface area contributed by atoms with Crippen LogP contribution in [0.1, 0.15) is 23.6 Å². The van der Waals surface area contributed by atoms with Crippen LogP contribution < -0.4 is 14.8 Å². The summed E-state index contributed by atoms with van der Waals surface area (Å²) in [5.74, 6) is 1.24. The van der Waals surface area contributed by atoms with E-state index in [2.05, 4.69) is 54.7 Å². The molecule has 0 bridgehead atoms. The summed E-state index contributed by atoms with van der Waals surface area (Å²) in [5.41, 5.74) is 4.44. The number of nitrogens with one attached hydrogen (secondary N) is 1. The number of halogens is 1. The summed E-state index contributed by atoms with van der Waals surface area (Å²) in [5, 5.41) is 6.36. The number of hydrogen-bond donors (Lipinski definition) is 1. The minimum absolute atomic E-state index is 0.419. The largest absolute Gasteiger partial charge is 0.490 e. The highest BCUT2D eigenvalue weighted by molar-refractivity contribution is 6.32. The van der Waals surface area contributed by atoms with E-state index in [-0.39, 0.29) is 0 Å². The predicted molar refractivity (Wildman–Crippen MR) is 129 cm³/mol. The lowest BCUT2D eigenvalue weighted by Gasteiger charge is -2.16. The fraction of sp³-hybridized carbons (Fsp3) is 0.185. The number of rotatable bonds is 8. The molecule has 4 aromatic carbocycles. The zero-order chi connectivity index (χ0) is 21.6. The van der Waals surface area contributed by atoms with Gasteiger partial charge in [0.15, 0.2) is 11.5 Å². The first kappa shape index (κ1) is 21.1. The Hall–Kier alpha value is -3.17. The third-order valence-electron chi connectivity index (χ3n) is 5.14. The second-order valence-electron chi connectivity index (χ2n) is 7.49. The van der Waals surface area contributed by atoms with Gasteiger partial charge in [0.1, 0.15) is 6.61 Å². The summed E-state index contributed by atoms with van der Waals surface area (Å²) in [4.78, 5) is 0. The molecule has 0 aliphatic heterocycles. The van der Waals surface area contributed by atoms with Crippen molar-refractivity contribution in [3.8, 4) is 11.5 Å². The van der Waals surface area contributed by atoms with Crippen LogP contribution in [-0.2, 0) is 13.2 Å². The van der Waals surface area contributed by atoms with Gasteiger partial charge in [-0.25, -0.2) is 0 Å². The van der Waals surface area contributed by atoms with E-state index in [4.69, 9.17) is 21.1 Å². The van der Waals surface area contributed by atoms with Crippen LogP contribution in [-0.4, -0.2) is 6.61 Å². The normalized spacial score (nSPS) is 10.8. The van der Waals surface area contributed by atoms with E-state index in [0.717, 1.165) is 16.8 Å². The molecule has 0 heterocycles. The van der Waals surface area contributed by atoms with Crippen molar-refractivity contribution in [2.45, 2.75) is 27.0 Å². The Bertz CT molecular complexity index is 1180. The van der Waals surface area contributed by atoms with Gasteiger partial charge >= 0.3 is 0 Å². The maximum atomic E-state index is 6.63. The van der Waals surface area contributed by atoms with Crippen molar-refractivity contribution in [2.75, 3.05) is 11.9 Å². The number of fused-ring (bicyclic) bond motifs is 1. The second-order valence-corrected chi connectivity index (χ2v) is 7.90. The summed E-state index contributed by atoms with van der Waals surface area (Å²) in [7, 11) is 0. The molecule has 0 aliphatic rings. The van der Waals surface area contributed by atoms with Gasteiger partial charge in [0.25, 0.3) is 0 Å². The van der Waals surface area contributed by atoms with E-state index >= 15 is 0 Å². The number of aryl methyl sites for hydroxylation is 1. The third-order valence-corrected chi connectivity index (χ3v) is 5.42. The van der Waals surface area contributed by atoms with Gasteiger partial charge in [-0.15, -0.1) is 0 Å². The van der Waals surface area contributed by atoms with E-state index in [9.17, 15) is 0 Å². The zero-order valence-corrected chi connectivity index (χ0v) is 18.6. The average molecular weight is 432 g/mol. The predicted octanol–water partition coefficient (Wildman–Crippen LogP) is 7.39. The Labute approximate surface area is 188 Å². The SMILES string of the molecule is CCOc1cc(CNc2cccc(C)c2)cc(Cl)c1OCc1cccc2ccccc12. The maximum Gasteiger partial charge on any atom is 0.180 e. The zero-order valence-electron chi connectivity index (χ0n) is 17.8. The monoisotopic (exact) mass is 431 g/mol. The van der Waals surface area contributed by atoms with Crippen molar-refractivity contribution in [2.24, 2.45) is 0 Å². The van der Waals surface area contributed by atoms with E-state index in [1.807, 2.05) is 43.3 Å². The molecule has 0 fully saturated rings. The molecule has 0 saturated carbocycles. The van der Waals surface area contributed by atoms with Gasteiger partial charge in [0, 0.05) is 12.2 Å². The Morgan fingerprint density at radius 3 is 2.52 bits per heavy atom. The lowest BCUT2D eigenvalue weighted by atomic mass is 10.1. The van der Waals surface area contributed by atoms with Crippen molar-refractivity contribution >= 4 is 28.1 Å². The summed E-state index contributed by atoms with van der Waals surface area (Å²) < 4.78 is 12.0. The highest BCUT2D eigenvalue weighted by atomic mass is 35.5. The minimum atomic E-state index is 0.419.